The van der Waals surface area contributed by atoms with E-state index in [0.29, 0.717) is 12.5 Å². The van der Waals surface area contributed by atoms with Gasteiger partial charge in [-0.05, 0) is 25.5 Å². The van der Waals surface area contributed by atoms with E-state index >= 15 is 0 Å². The summed E-state index contributed by atoms with van der Waals surface area (Å²) in [7, 11) is 0. The van der Waals surface area contributed by atoms with Crippen LogP contribution in [0.25, 0.3) is 0 Å². The van der Waals surface area contributed by atoms with Crippen LogP contribution >= 0.6 is 12.4 Å². The molecule has 1 atom stereocenters. The third kappa shape index (κ3) is 4.36. The summed E-state index contributed by atoms with van der Waals surface area (Å²) < 4.78 is 0. The van der Waals surface area contributed by atoms with E-state index in [4.69, 9.17) is 0 Å². The van der Waals surface area contributed by atoms with E-state index < -0.39 is 0 Å². The maximum Gasteiger partial charge on any atom is 0.224 e. The lowest BCUT2D eigenvalue weighted by molar-refractivity contribution is -0.121. The number of carbonyl (C=O) groups is 1. The smallest absolute Gasteiger partial charge is 0.224 e. The van der Waals surface area contributed by atoms with Crippen LogP contribution in [0.3, 0.4) is 0 Å². The number of aryl methyl sites for hydroxylation is 1. The van der Waals surface area contributed by atoms with Gasteiger partial charge in [-0.15, -0.1) is 12.4 Å². The Morgan fingerprint density at radius 1 is 1.41 bits per heavy atom. The Kier molecular flexibility index (Phi) is 5.45. The SMILES string of the molecule is Cc1ccc(CC(=O)NC2CCNC2)cc1.Cl. The molecule has 1 aromatic carbocycles. The summed E-state index contributed by atoms with van der Waals surface area (Å²) in [6.45, 7) is 3.96. The van der Waals surface area contributed by atoms with Crippen molar-refractivity contribution in [1.82, 2.24) is 10.6 Å². The summed E-state index contributed by atoms with van der Waals surface area (Å²) in [5.41, 5.74) is 2.30. The van der Waals surface area contributed by atoms with Gasteiger partial charge < -0.3 is 10.6 Å². The molecule has 1 heterocycles. The maximum absolute atomic E-state index is 11.7. The zero-order valence-corrected chi connectivity index (χ0v) is 10.8. The van der Waals surface area contributed by atoms with Gasteiger partial charge >= 0.3 is 0 Å². The van der Waals surface area contributed by atoms with Gasteiger partial charge in [0.1, 0.15) is 0 Å². The molecule has 2 N–H and O–H groups in total. The molecule has 1 aliphatic heterocycles. The molecule has 0 saturated carbocycles. The molecule has 0 aromatic heterocycles. The molecule has 1 amide bonds. The Morgan fingerprint density at radius 3 is 2.71 bits per heavy atom. The number of amides is 1. The third-order valence-corrected chi connectivity index (χ3v) is 2.91. The second-order valence-corrected chi connectivity index (χ2v) is 4.42. The molecular formula is C13H19ClN2O. The highest BCUT2D eigenvalue weighted by Crippen LogP contribution is 2.04. The van der Waals surface area contributed by atoms with Crippen LogP contribution in [0, 0.1) is 6.92 Å². The van der Waals surface area contributed by atoms with Gasteiger partial charge in [-0.25, -0.2) is 0 Å². The summed E-state index contributed by atoms with van der Waals surface area (Å²) in [5, 5.41) is 6.27. The molecule has 1 aliphatic rings. The second kappa shape index (κ2) is 6.62. The third-order valence-electron chi connectivity index (χ3n) is 2.91. The van der Waals surface area contributed by atoms with Gasteiger partial charge in [-0.2, -0.15) is 0 Å². The Morgan fingerprint density at radius 2 is 2.12 bits per heavy atom. The average Bonchev–Trinajstić information content (AvgIpc) is 2.74. The van der Waals surface area contributed by atoms with Crippen molar-refractivity contribution in [3.8, 4) is 0 Å². The number of benzene rings is 1. The number of rotatable bonds is 3. The van der Waals surface area contributed by atoms with Crippen LogP contribution in [-0.4, -0.2) is 25.0 Å². The van der Waals surface area contributed by atoms with Crippen molar-refractivity contribution in [3.63, 3.8) is 0 Å². The predicted octanol–water partition coefficient (Wildman–Crippen LogP) is 1.44. The van der Waals surface area contributed by atoms with Gasteiger partial charge in [0.2, 0.25) is 5.91 Å². The Bertz CT molecular complexity index is 358. The normalized spacial score (nSPS) is 18.5. The first kappa shape index (κ1) is 14.0. The molecule has 1 aromatic rings. The van der Waals surface area contributed by atoms with E-state index in [2.05, 4.69) is 10.6 Å². The fraction of sp³-hybridized carbons (Fsp3) is 0.462. The number of nitrogens with one attached hydrogen (secondary N) is 2. The van der Waals surface area contributed by atoms with Gasteiger partial charge in [0.25, 0.3) is 0 Å². The Hall–Kier alpha value is -1.06. The van der Waals surface area contributed by atoms with Crippen molar-refractivity contribution >= 4 is 18.3 Å². The fourth-order valence-electron chi connectivity index (χ4n) is 1.95. The number of hydrogen-bond acceptors (Lipinski definition) is 2. The molecule has 0 bridgehead atoms. The minimum absolute atomic E-state index is 0. The first-order valence-corrected chi connectivity index (χ1v) is 5.79. The lowest BCUT2D eigenvalue weighted by Crippen LogP contribution is -2.37. The molecule has 0 radical (unpaired) electrons. The van der Waals surface area contributed by atoms with Crippen molar-refractivity contribution in [3.05, 3.63) is 35.4 Å². The van der Waals surface area contributed by atoms with Gasteiger partial charge in [0, 0.05) is 12.6 Å². The van der Waals surface area contributed by atoms with E-state index in [1.807, 2.05) is 31.2 Å². The summed E-state index contributed by atoms with van der Waals surface area (Å²) in [5.74, 6) is 0.123. The molecule has 17 heavy (non-hydrogen) atoms. The van der Waals surface area contributed by atoms with Gasteiger partial charge in [-0.1, -0.05) is 29.8 Å². The van der Waals surface area contributed by atoms with E-state index in [0.717, 1.165) is 25.1 Å². The van der Waals surface area contributed by atoms with Gasteiger partial charge in [0.15, 0.2) is 0 Å². The van der Waals surface area contributed by atoms with Crippen LogP contribution in [0.1, 0.15) is 17.5 Å². The zero-order chi connectivity index (χ0) is 11.4. The van der Waals surface area contributed by atoms with Crippen molar-refractivity contribution in [1.29, 1.82) is 0 Å². The van der Waals surface area contributed by atoms with Gasteiger partial charge in [-0.3, -0.25) is 4.79 Å². The highest BCUT2D eigenvalue weighted by atomic mass is 35.5. The molecule has 4 heteroatoms. The minimum atomic E-state index is 0. The van der Waals surface area contributed by atoms with Gasteiger partial charge in [0.05, 0.1) is 6.42 Å². The lowest BCUT2D eigenvalue weighted by Gasteiger charge is -2.11. The monoisotopic (exact) mass is 254 g/mol. The topological polar surface area (TPSA) is 41.1 Å². The van der Waals surface area contributed by atoms with Crippen LogP contribution in [-0.2, 0) is 11.2 Å². The minimum Gasteiger partial charge on any atom is -0.352 e. The van der Waals surface area contributed by atoms with E-state index in [1.54, 1.807) is 0 Å². The first-order chi connectivity index (χ1) is 7.74. The zero-order valence-electron chi connectivity index (χ0n) is 10.0. The molecule has 1 unspecified atom stereocenters. The lowest BCUT2D eigenvalue weighted by atomic mass is 10.1. The van der Waals surface area contributed by atoms with Crippen molar-refractivity contribution < 1.29 is 4.79 Å². The summed E-state index contributed by atoms with van der Waals surface area (Å²) in [6, 6.07) is 8.43. The molecular weight excluding hydrogens is 236 g/mol. The molecule has 3 nitrogen and oxygen atoms in total. The van der Waals surface area contributed by atoms with E-state index in [-0.39, 0.29) is 18.3 Å². The molecule has 0 aliphatic carbocycles. The van der Waals surface area contributed by atoms with E-state index in [1.165, 1.54) is 5.56 Å². The summed E-state index contributed by atoms with van der Waals surface area (Å²) in [6.07, 6.45) is 1.52. The number of carbonyl (C=O) groups excluding carboxylic acids is 1. The first-order valence-electron chi connectivity index (χ1n) is 5.79. The maximum atomic E-state index is 11.7. The Labute approximate surface area is 108 Å². The van der Waals surface area contributed by atoms with Crippen molar-refractivity contribution in [2.45, 2.75) is 25.8 Å². The predicted molar refractivity (Wildman–Crippen MR) is 71.5 cm³/mol. The molecule has 0 spiro atoms. The summed E-state index contributed by atoms with van der Waals surface area (Å²) >= 11 is 0. The molecule has 1 saturated heterocycles. The van der Waals surface area contributed by atoms with Crippen LogP contribution in [0.4, 0.5) is 0 Å². The quantitative estimate of drug-likeness (QED) is 0.857. The Balaban J connectivity index is 0.00000144. The average molecular weight is 255 g/mol. The van der Waals surface area contributed by atoms with Crippen molar-refractivity contribution in [2.75, 3.05) is 13.1 Å². The highest BCUT2D eigenvalue weighted by Gasteiger charge is 2.16. The summed E-state index contributed by atoms with van der Waals surface area (Å²) in [4.78, 5) is 11.7. The molecule has 94 valence electrons. The largest absolute Gasteiger partial charge is 0.352 e. The van der Waals surface area contributed by atoms with Crippen molar-refractivity contribution in [2.24, 2.45) is 0 Å². The number of halogens is 1. The standard InChI is InChI=1S/C13H18N2O.ClH/c1-10-2-4-11(5-3-10)8-13(16)15-12-6-7-14-9-12;/h2-5,12,14H,6-9H2,1H3,(H,15,16);1H. The highest BCUT2D eigenvalue weighted by molar-refractivity contribution is 5.85. The van der Waals surface area contributed by atoms with Crippen LogP contribution in [0.2, 0.25) is 0 Å². The molecule has 2 rings (SSSR count). The molecule has 1 fully saturated rings. The van der Waals surface area contributed by atoms with E-state index in [9.17, 15) is 4.79 Å². The second-order valence-electron chi connectivity index (χ2n) is 4.42. The van der Waals surface area contributed by atoms with Crippen LogP contribution in [0.15, 0.2) is 24.3 Å². The van der Waals surface area contributed by atoms with Crippen LogP contribution < -0.4 is 10.6 Å². The fourth-order valence-corrected chi connectivity index (χ4v) is 1.95. The van der Waals surface area contributed by atoms with Crippen LogP contribution in [0.5, 0.6) is 0 Å². The number of hydrogen-bond donors (Lipinski definition) is 2.